The van der Waals surface area contributed by atoms with Gasteiger partial charge in [0.15, 0.2) is 0 Å². The molecule has 0 aromatic rings. The van der Waals surface area contributed by atoms with E-state index in [2.05, 4.69) is 46.0 Å². The number of nitrogens with one attached hydrogen (secondary N) is 1. The molecule has 1 atom stereocenters. The predicted octanol–water partition coefficient (Wildman–Crippen LogP) is 4.04. The van der Waals surface area contributed by atoms with Crippen LogP contribution in [-0.2, 0) is 4.79 Å². The molecule has 3 nitrogen and oxygen atoms in total. The number of hydrogen-bond acceptors (Lipinski definition) is 2. The Bertz CT molecular complexity index is 367. The Morgan fingerprint density at radius 2 is 1.95 bits per heavy atom. The van der Waals surface area contributed by atoms with Crippen LogP contribution in [-0.4, -0.2) is 11.4 Å². The molecule has 20 heavy (non-hydrogen) atoms. The van der Waals surface area contributed by atoms with Crippen molar-refractivity contribution in [2.24, 2.45) is 17.3 Å². The number of nitriles is 1. The Morgan fingerprint density at radius 3 is 2.35 bits per heavy atom. The van der Waals surface area contributed by atoms with Gasteiger partial charge in [0.2, 0.25) is 5.91 Å². The van der Waals surface area contributed by atoms with Crippen LogP contribution in [0.15, 0.2) is 0 Å². The maximum atomic E-state index is 12.2. The van der Waals surface area contributed by atoms with Gasteiger partial charge in [-0.3, -0.25) is 4.79 Å². The molecule has 0 aromatic carbocycles. The zero-order valence-electron chi connectivity index (χ0n) is 13.8. The van der Waals surface area contributed by atoms with E-state index in [1.54, 1.807) is 0 Å². The third-order valence-corrected chi connectivity index (χ3v) is 5.10. The maximum absolute atomic E-state index is 12.2. The average Bonchev–Trinajstić information content (AvgIpc) is 2.38. The van der Waals surface area contributed by atoms with E-state index in [4.69, 9.17) is 0 Å². The third-order valence-electron chi connectivity index (χ3n) is 5.10. The van der Waals surface area contributed by atoms with Crippen molar-refractivity contribution in [3.05, 3.63) is 0 Å². The molecule has 1 aliphatic rings. The monoisotopic (exact) mass is 278 g/mol. The molecule has 0 radical (unpaired) electrons. The van der Waals surface area contributed by atoms with Crippen molar-refractivity contribution in [3.63, 3.8) is 0 Å². The minimum atomic E-state index is -0.611. The van der Waals surface area contributed by atoms with E-state index < -0.39 is 5.54 Å². The van der Waals surface area contributed by atoms with Gasteiger partial charge in [0.25, 0.3) is 0 Å². The molecule has 1 aliphatic carbocycles. The summed E-state index contributed by atoms with van der Waals surface area (Å²) in [5.74, 6) is 1.07. The van der Waals surface area contributed by atoms with E-state index in [1.165, 1.54) is 6.42 Å². The molecule has 0 heterocycles. The van der Waals surface area contributed by atoms with Crippen molar-refractivity contribution in [3.8, 4) is 6.07 Å². The van der Waals surface area contributed by atoms with Crippen molar-refractivity contribution in [1.82, 2.24) is 5.32 Å². The SMILES string of the molecule is CCC1CCC(C#N)(NC(=O)CC(C)C(C)(C)C)CC1. The lowest BCUT2D eigenvalue weighted by molar-refractivity contribution is -0.124. The molecule has 1 fully saturated rings. The normalized spacial score (nSPS) is 28.5. The zero-order chi connectivity index (χ0) is 15.4. The van der Waals surface area contributed by atoms with Gasteiger partial charge in [-0.25, -0.2) is 0 Å². The summed E-state index contributed by atoms with van der Waals surface area (Å²) in [6.07, 6.45) is 5.40. The molecular formula is C17H30N2O. The van der Waals surface area contributed by atoms with Gasteiger partial charge in [-0.1, -0.05) is 41.0 Å². The molecule has 0 aliphatic heterocycles. The maximum Gasteiger partial charge on any atom is 0.221 e. The molecule has 1 amide bonds. The summed E-state index contributed by atoms with van der Waals surface area (Å²) < 4.78 is 0. The van der Waals surface area contributed by atoms with Crippen LogP contribution in [0.5, 0.6) is 0 Å². The van der Waals surface area contributed by atoms with Gasteiger partial charge in [-0.05, 0) is 42.9 Å². The molecular weight excluding hydrogens is 248 g/mol. The number of carbonyl (C=O) groups excluding carboxylic acids is 1. The van der Waals surface area contributed by atoms with Crippen molar-refractivity contribution < 1.29 is 4.79 Å². The van der Waals surface area contributed by atoms with E-state index in [1.807, 2.05) is 0 Å². The van der Waals surface area contributed by atoms with Crippen LogP contribution >= 0.6 is 0 Å². The minimum absolute atomic E-state index is 0.0314. The Morgan fingerprint density at radius 1 is 1.40 bits per heavy atom. The average molecular weight is 278 g/mol. The van der Waals surface area contributed by atoms with Crippen LogP contribution in [0.25, 0.3) is 0 Å². The molecule has 0 saturated heterocycles. The van der Waals surface area contributed by atoms with Crippen LogP contribution in [0.1, 0.15) is 73.1 Å². The molecule has 0 bridgehead atoms. The summed E-state index contributed by atoms with van der Waals surface area (Å²) in [6, 6.07) is 2.37. The highest BCUT2D eigenvalue weighted by molar-refractivity contribution is 5.77. The Kier molecular flexibility index (Phi) is 5.62. The molecule has 114 valence electrons. The van der Waals surface area contributed by atoms with Crippen LogP contribution in [0.4, 0.5) is 0 Å². The second-order valence-corrected chi connectivity index (χ2v) is 7.56. The third kappa shape index (κ3) is 4.51. The lowest BCUT2D eigenvalue weighted by Crippen LogP contribution is -2.50. The highest BCUT2D eigenvalue weighted by Gasteiger charge is 2.37. The largest absolute Gasteiger partial charge is 0.338 e. The Hall–Kier alpha value is -1.04. The van der Waals surface area contributed by atoms with Gasteiger partial charge in [0.1, 0.15) is 5.54 Å². The highest BCUT2D eigenvalue weighted by atomic mass is 16.1. The minimum Gasteiger partial charge on any atom is -0.338 e. The van der Waals surface area contributed by atoms with Gasteiger partial charge in [-0.2, -0.15) is 5.26 Å². The molecule has 3 heteroatoms. The first-order valence-corrected chi connectivity index (χ1v) is 7.94. The van der Waals surface area contributed by atoms with Gasteiger partial charge >= 0.3 is 0 Å². The van der Waals surface area contributed by atoms with E-state index in [0.29, 0.717) is 12.3 Å². The van der Waals surface area contributed by atoms with Crippen LogP contribution < -0.4 is 5.32 Å². The molecule has 0 spiro atoms. The van der Waals surface area contributed by atoms with Gasteiger partial charge in [0, 0.05) is 6.42 Å². The predicted molar refractivity (Wildman–Crippen MR) is 82.0 cm³/mol. The topological polar surface area (TPSA) is 52.9 Å². The fourth-order valence-electron chi connectivity index (χ4n) is 2.75. The van der Waals surface area contributed by atoms with E-state index >= 15 is 0 Å². The fourth-order valence-corrected chi connectivity index (χ4v) is 2.75. The second kappa shape index (κ2) is 6.61. The van der Waals surface area contributed by atoms with E-state index in [9.17, 15) is 10.1 Å². The Balaban J connectivity index is 2.57. The number of hydrogen-bond donors (Lipinski definition) is 1. The first-order chi connectivity index (χ1) is 9.22. The van der Waals surface area contributed by atoms with Gasteiger partial charge in [0.05, 0.1) is 6.07 Å². The quantitative estimate of drug-likeness (QED) is 0.843. The summed E-state index contributed by atoms with van der Waals surface area (Å²) >= 11 is 0. The lowest BCUT2D eigenvalue weighted by atomic mass is 9.75. The summed E-state index contributed by atoms with van der Waals surface area (Å²) in [7, 11) is 0. The summed E-state index contributed by atoms with van der Waals surface area (Å²) in [5.41, 5.74) is -0.489. The molecule has 1 saturated carbocycles. The lowest BCUT2D eigenvalue weighted by Gasteiger charge is -2.36. The van der Waals surface area contributed by atoms with Gasteiger partial charge < -0.3 is 5.32 Å². The number of nitrogens with zero attached hydrogens (tertiary/aromatic N) is 1. The zero-order valence-corrected chi connectivity index (χ0v) is 13.8. The molecule has 1 N–H and O–H groups in total. The number of amides is 1. The van der Waals surface area contributed by atoms with Crippen LogP contribution in [0, 0.1) is 28.6 Å². The van der Waals surface area contributed by atoms with Crippen LogP contribution in [0.2, 0.25) is 0 Å². The number of carbonyl (C=O) groups is 1. The smallest absolute Gasteiger partial charge is 0.221 e. The first-order valence-electron chi connectivity index (χ1n) is 7.94. The summed E-state index contributed by atoms with van der Waals surface area (Å²) in [4.78, 5) is 12.2. The van der Waals surface area contributed by atoms with E-state index in [0.717, 1.165) is 31.6 Å². The van der Waals surface area contributed by atoms with E-state index in [-0.39, 0.29) is 11.3 Å². The highest BCUT2D eigenvalue weighted by Crippen LogP contribution is 2.34. The Labute approximate surface area is 124 Å². The van der Waals surface area contributed by atoms with Crippen molar-refractivity contribution in [2.45, 2.75) is 78.7 Å². The summed E-state index contributed by atoms with van der Waals surface area (Å²) in [6.45, 7) is 10.8. The van der Waals surface area contributed by atoms with Crippen molar-refractivity contribution in [2.75, 3.05) is 0 Å². The standard InChI is InChI=1S/C17H30N2O/c1-6-14-7-9-17(12-18,10-8-14)19-15(20)11-13(2)16(3,4)5/h13-14H,6-11H2,1-5H3,(H,19,20). The van der Waals surface area contributed by atoms with Crippen molar-refractivity contribution >= 4 is 5.91 Å². The van der Waals surface area contributed by atoms with Crippen molar-refractivity contribution in [1.29, 1.82) is 5.26 Å². The van der Waals surface area contributed by atoms with Gasteiger partial charge in [-0.15, -0.1) is 0 Å². The second-order valence-electron chi connectivity index (χ2n) is 7.56. The molecule has 0 aromatic heterocycles. The molecule has 1 rings (SSSR count). The fraction of sp³-hybridized carbons (Fsp3) is 0.882. The first kappa shape index (κ1) is 17.0. The summed E-state index contributed by atoms with van der Waals surface area (Å²) in [5, 5.41) is 12.5. The van der Waals surface area contributed by atoms with Crippen LogP contribution in [0.3, 0.4) is 0 Å². The molecule has 1 unspecified atom stereocenters. The number of rotatable bonds is 4.